The van der Waals surface area contributed by atoms with E-state index in [0.717, 1.165) is 24.0 Å². The molecule has 3 fully saturated rings. The Morgan fingerprint density at radius 3 is 2.56 bits per heavy atom. The van der Waals surface area contributed by atoms with Gasteiger partial charge in [0, 0.05) is 23.3 Å². The van der Waals surface area contributed by atoms with E-state index in [-0.39, 0.29) is 37.2 Å². The lowest BCUT2D eigenvalue weighted by Gasteiger charge is -2.18. The molecule has 0 amide bonds. The van der Waals surface area contributed by atoms with Crippen LogP contribution in [0.15, 0.2) is 36.4 Å². The fourth-order valence-electron chi connectivity index (χ4n) is 5.43. The van der Waals surface area contributed by atoms with Crippen molar-refractivity contribution in [2.24, 2.45) is 0 Å². The molecule has 4 atom stereocenters. The highest BCUT2D eigenvalue weighted by Gasteiger charge is 2.49. The molecular formula is C25H27ClN2O7S. The number of benzene rings is 1. The van der Waals surface area contributed by atoms with Gasteiger partial charge < -0.3 is 24.4 Å². The Labute approximate surface area is 213 Å². The first-order valence-electron chi connectivity index (χ1n) is 11.8. The summed E-state index contributed by atoms with van der Waals surface area (Å²) in [6, 6.07) is 11.2. The summed E-state index contributed by atoms with van der Waals surface area (Å²) >= 11 is 6.62. The number of aliphatic hydroxyl groups excluding tert-OH is 2. The molecule has 1 saturated carbocycles. The summed E-state index contributed by atoms with van der Waals surface area (Å²) in [5.41, 5.74) is 3.32. The molecule has 1 aliphatic carbocycles. The van der Waals surface area contributed by atoms with Crippen molar-refractivity contribution in [3.05, 3.63) is 47.0 Å². The van der Waals surface area contributed by atoms with Gasteiger partial charge in [-0.1, -0.05) is 35.9 Å². The molecule has 2 N–H and O–H groups in total. The number of rotatable bonds is 7. The molecular weight excluding hydrogens is 508 g/mol. The molecule has 2 aromatic heterocycles. The van der Waals surface area contributed by atoms with Gasteiger partial charge in [0.05, 0.1) is 40.7 Å². The maximum Gasteiger partial charge on any atom is 0.198 e. The van der Waals surface area contributed by atoms with Crippen molar-refractivity contribution in [1.82, 2.24) is 9.55 Å². The van der Waals surface area contributed by atoms with E-state index in [1.54, 1.807) is 16.7 Å². The highest BCUT2D eigenvalue weighted by atomic mass is 35.5. The van der Waals surface area contributed by atoms with E-state index in [0.29, 0.717) is 27.6 Å². The standard InChI is InChI=1S/C25H27ClN2O7S/c1-36(31,32)12-25(6-7-25)15-4-2-14(3-5-15)22-16(26)8-18-17(27-22)9-21(28(18)13-29)35-20-11-34-23-19(30)10-33-24(20)23/h2-5,8-9,19-20,23-24,29-30H,6-7,10-13H2,1H3/t19-,20-,23-,24-/m1/s1. The molecule has 36 heavy (non-hydrogen) atoms. The van der Waals surface area contributed by atoms with Crippen molar-refractivity contribution in [2.75, 3.05) is 25.2 Å². The number of aliphatic hydroxyl groups is 2. The predicted molar refractivity (Wildman–Crippen MR) is 133 cm³/mol. The average Bonchev–Trinajstić information content (AvgIpc) is 3.17. The molecule has 0 spiro atoms. The fourth-order valence-corrected chi connectivity index (χ4v) is 7.14. The van der Waals surface area contributed by atoms with Gasteiger partial charge in [0.1, 0.15) is 34.9 Å². The van der Waals surface area contributed by atoms with Crippen molar-refractivity contribution in [3.8, 4) is 17.1 Å². The van der Waals surface area contributed by atoms with Crippen LogP contribution in [0.25, 0.3) is 22.3 Å². The first-order chi connectivity index (χ1) is 17.2. The van der Waals surface area contributed by atoms with Gasteiger partial charge in [-0.15, -0.1) is 0 Å². The van der Waals surface area contributed by atoms with Gasteiger partial charge in [-0.05, 0) is 24.5 Å². The van der Waals surface area contributed by atoms with Gasteiger partial charge in [-0.3, -0.25) is 4.57 Å². The zero-order valence-corrected chi connectivity index (χ0v) is 21.2. The van der Waals surface area contributed by atoms with E-state index in [4.69, 9.17) is 30.8 Å². The van der Waals surface area contributed by atoms with Crippen LogP contribution in [0, 0.1) is 0 Å². The lowest BCUT2D eigenvalue weighted by molar-refractivity contribution is 0.00624. The molecule has 4 heterocycles. The van der Waals surface area contributed by atoms with Crippen molar-refractivity contribution in [2.45, 2.75) is 49.4 Å². The SMILES string of the molecule is CS(=O)(=O)CC1(c2ccc(-c3nc4cc(O[C@@H]5CO[C@H]6[C@@H]5OC[C@H]6O)n(CO)c4cc3Cl)cc2)CC1. The molecule has 192 valence electrons. The quantitative estimate of drug-likeness (QED) is 0.474. The second-order valence-corrected chi connectivity index (χ2v) is 12.6. The second-order valence-electron chi connectivity index (χ2n) is 10.0. The third kappa shape index (κ3) is 4.19. The van der Waals surface area contributed by atoms with Gasteiger partial charge in [0.2, 0.25) is 0 Å². The molecule has 3 aromatic rings. The van der Waals surface area contributed by atoms with Gasteiger partial charge in [-0.25, -0.2) is 13.4 Å². The van der Waals surface area contributed by atoms with Crippen molar-refractivity contribution >= 4 is 32.5 Å². The van der Waals surface area contributed by atoms with Gasteiger partial charge >= 0.3 is 0 Å². The van der Waals surface area contributed by atoms with Crippen molar-refractivity contribution in [1.29, 1.82) is 0 Å². The molecule has 9 nitrogen and oxygen atoms in total. The number of halogens is 1. The minimum Gasteiger partial charge on any atom is -0.470 e. The summed E-state index contributed by atoms with van der Waals surface area (Å²) in [6.45, 7) is 0.136. The number of fused-ring (bicyclic) bond motifs is 2. The summed E-state index contributed by atoms with van der Waals surface area (Å²) in [4.78, 5) is 4.75. The van der Waals surface area contributed by atoms with Crippen LogP contribution in [0.3, 0.4) is 0 Å². The second kappa shape index (κ2) is 8.68. The molecule has 2 saturated heterocycles. The molecule has 0 unspecified atom stereocenters. The lowest BCUT2D eigenvalue weighted by atomic mass is 9.96. The van der Waals surface area contributed by atoms with Crippen LogP contribution in [0.5, 0.6) is 5.88 Å². The minimum absolute atomic E-state index is 0.152. The number of hydrogen-bond donors (Lipinski definition) is 2. The number of nitrogens with zero attached hydrogens (tertiary/aromatic N) is 2. The van der Waals surface area contributed by atoms with Crippen LogP contribution < -0.4 is 4.74 Å². The third-order valence-electron chi connectivity index (χ3n) is 7.36. The van der Waals surface area contributed by atoms with E-state index in [1.165, 1.54) is 6.26 Å². The largest absolute Gasteiger partial charge is 0.470 e. The molecule has 2 aliphatic heterocycles. The van der Waals surface area contributed by atoms with E-state index in [1.807, 2.05) is 24.3 Å². The Balaban J connectivity index is 1.29. The van der Waals surface area contributed by atoms with Crippen LogP contribution in [-0.2, 0) is 31.5 Å². The lowest BCUT2D eigenvalue weighted by Crippen LogP contribution is -2.35. The van der Waals surface area contributed by atoms with Gasteiger partial charge in [0.25, 0.3) is 0 Å². The maximum absolute atomic E-state index is 11.9. The Morgan fingerprint density at radius 2 is 1.89 bits per heavy atom. The predicted octanol–water partition coefficient (Wildman–Crippen LogP) is 2.29. The fraction of sp³-hybridized carbons (Fsp3) is 0.480. The minimum atomic E-state index is -3.08. The Morgan fingerprint density at radius 1 is 1.17 bits per heavy atom. The summed E-state index contributed by atoms with van der Waals surface area (Å²) in [5.74, 6) is 0.554. The van der Waals surface area contributed by atoms with E-state index in [9.17, 15) is 18.6 Å². The average molecular weight is 535 g/mol. The highest BCUT2D eigenvalue weighted by molar-refractivity contribution is 7.90. The first-order valence-corrected chi connectivity index (χ1v) is 14.3. The van der Waals surface area contributed by atoms with Crippen molar-refractivity contribution < 1.29 is 32.8 Å². The van der Waals surface area contributed by atoms with Crippen LogP contribution >= 0.6 is 11.6 Å². The van der Waals surface area contributed by atoms with Crippen LogP contribution in [0.2, 0.25) is 5.02 Å². The van der Waals surface area contributed by atoms with Crippen LogP contribution in [0.1, 0.15) is 18.4 Å². The van der Waals surface area contributed by atoms with E-state index in [2.05, 4.69) is 0 Å². The van der Waals surface area contributed by atoms with Gasteiger partial charge in [-0.2, -0.15) is 0 Å². The topological polar surface area (TPSA) is 120 Å². The molecule has 3 aliphatic rings. The first kappa shape index (κ1) is 24.1. The Hall–Kier alpha value is -2.21. The number of ether oxygens (including phenoxy) is 3. The van der Waals surface area contributed by atoms with Crippen molar-refractivity contribution in [3.63, 3.8) is 0 Å². The summed E-state index contributed by atoms with van der Waals surface area (Å²) in [6.07, 6.45) is 1.09. The van der Waals surface area contributed by atoms with E-state index >= 15 is 0 Å². The highest BCUT2D eigenvalue weighted by Crippen LogP contribution is 2.49. The number of sulfone groups is 1. The molecule has 1 aromatic carbocycles. The summed E-state index contributed by atoms with van der Waals surface area (Å²) in [7, 11) is -3.08. The smallest absolute Gasteiger partial charge is 0.198 e. The Kier molecular flexibility index (Phi) is 5.82. The summed E-state index contributed by atoms with van der Waals surface area (Å²) < 4.78 is 42.7. The molecule has 6 rings (SSSR count). The molecule has 11 heteroatoms. The number of hydrogen-bond acceptors (Lipinski definition) is 8. The normalized spacial score (nSPS) is 26.9. The molecule has 0 radical (unpaired) electrons. The van der Waals surface area contributed by atoms with Crippen LogP contribution in [-0.4, -0.2) is 77.8 Å². The zero-order chi connectivity index (χ0) is 25.2. The monoisotopic (exact) mass is 534 g/mol. The number of pyridine rings is 1. The maximum atomic E-state index is 11.9. The third-order valence-corrected chi connectivity index (χ3v) is 8.72. The van der Waals surface area contributed by atoms with Gasteiger partial charge in [0.15, 0.2) is 12.0 Å². The summed E-state index contributed by atoms with van der Waals surface area (Å²) in [5, 5.41) is 20.4. The molecule has 0 bridgehead atoms. The van der Waals surface area contributed by atoms with E-state index < -0.39 is 28.1 Å². The Bertz CT molecular complexity index is 1420. The van der Waals surface area contributed by atoms with Crippen LogP contribution in [0.4, 0.5) is 0 Å². The zero-order valence-electron chi connectivity index (χ0n) is 19.6. The number of aromatic nitrogens is 2.